The lowest BCUT2D eigenvalue weighted by atomic mass is 10.1. The minimum absolute atomic E-state index is 0.0705. The van der Waals surface area contributed by atoms with Crippen LogP contribution in [0.25, 0.3) is 22.5 Å². The molecule has 0 saturated heterocycles. The molecular weight excluding hydrogens is 362 g/mol. The summed E-state index contributed by atoms with van der Waals surface area (Å²) in [6.45, 7) is 0. The normalized spacial score (nSPS) is 10.5. The maximum absolute atomic E-state index is 12.3. The molecule has 144 valence electrons. The van der Waals surface area contributed by atoms with Crippen molar-refractivity contribution in [2.75, 3.05) is 12.4 Å². The van der Waals surface area contributed by atoms with E-state index < -0.39 is 0 Å². The highest BCUT2D eigenvalue weighted by Gasteiger charge is 2.12. The van der Waals surface area contributed by atoms with E-state index in [4.69, 9.17) is 4.74 Å². The van der Waals surface area contributed by atoms with Crippen LogP contribution in [0.1, 0.15) is 5.56 Å². The quantitative estimate of drug-likeness (QED) is 0.496. The second-order valence-electron chi connectivity index (χ2n) is 6.66. The van der Waals surface area contributed by atoms with E-state index in [2.05, 4.69) is 15.5 Å². The Hall–Kier alpha value is -3.86. The van der Waals surface area contributed by atoms with E-state index >= 15 is 0 Å². The van der Waals surface area contributed by atoms with Gasteiger partial charge in [-0.1, -0.05) is 60.7 Å². The van der Waals surface area contributed by atoms with Crippen LogP contribution < -0.4 is 10.1 Å². The smallest absolute Gasteiger partial charge is 0.228 e. The predicted octanol–water partition coefficient (Wildman–Crippen LogP) is 4.93. The van der Waals surface area contributed by atoms with Crippen molar-refractivity contribution in [3.8, 4) is 28.3 Å². The van der Waals surface area contributed by atoms with Gasteiger partial charge in [0.1, 0.15) is 5.75 Å². The lowest BCUT2D eigenvalue weighted by Crippen LogP contribution is -2.14. The fraction of sp³-hybridized carbons (Fsp3) is 0.0833. The van der Waals surface area contributed by atoms with Gasteiger partial charge < -0.3 is 10.1 Å². The Balaban J connectivity index is 1.53. The third-order valence-corrected chi connectivity index (χ3v) is 4.63. The summed E-state index contributed by atoms with van der Waals surface area (Å²) in [7, 11) is 1.61. The third kappa shape index (κ3) is 4.35. The molecular formula is C24H21N3O2. The average Bonchev–Trinajstić information content (AvgIpc) is 3.25. The minimum atomic E-state index is -0.0705. The van der Waals surface area contributed by atoms with Crippen LogP contribution in [0.5, 0.6) is 5.75 Å². The number of carbonyl (C=O) groups excluding carboxylic acids is 1. The van der Waals surface area contributed by atoms with Gasteiger partial charge in [0.2, 0.25) is 5.91 Å². The Labute approximate surface area is 169 Å². The Morgan fingerprint density at radius 2 is 1.69 bits per heavy atom. The first-order valence-electron chi connectivity index (χ1n) is 9.36. The number of nitrogens with one attached hydrogen (secondary N) is 2. The zero-order valence-corrected chi connectivity index (χ0v) is 16.1. The summed E-state index contributed by atoms with van der Waals surface area (Å²) < 4.78 is 5.56. The molecule has 0 unspecified atom stereocenters. The highest BCUT2D eigenvalue weighted by atomic mass is 16.5. The number of hydrogen-bond acceptors (Lipinski definition) is 3. The first-order chi connectivity index (χ1) is 14.2. The highest BCUT2D eigenvalue weighted by molar-refractivity contribution is 5.93. The van der Waals surface area contributed by atoms with Crippen LogP contribution in [-0.4, -0.2) is 23.2 Å². The molecule has 0 aliphatic rings. The topological polar surface area (TPSA) is 67.0 Å². The fourth-order valence-electron chi connectivity index (χ4n) is 3.19. The number of methoxy groups -OCH3 is 1. The van der Waals surface area contributed by atoms with Gasteiger partial charge in [-0.2, -0.15) is 5.10 Å². The molecule has 3 aromatic carbocycles. The van der Waals surface area contributed by atoms with E-state index in [0.29, 0.717) is 17.9 Å². The van der Waals surface area contributed by atoms with Crippen molar-refractivity contribution in [1.29, 1.82) is 0 Å². The van der Waals surface area contributed by atoms with Gasteiger partial charge in [-0.3, -0.25) is 9.89 Å². The summed E-state index contributed by atoms with van der Waals surface area (Å²) >= 11 is 0. The van der Waals surface area contributed by atoms with E-state index in [1.54, 1.807) is 7.11 Å². The molecule has 4 rings (SSSR count). The molecule has 0 aliphatic carbocycles. The van der Waals surface area contributed by atoms with Crippen LogP contribution >= 0.6 is 0 Å². The Morgan fingerprint density at radius 3 is 2.41 bits per heavy atom. The zero-order chi connectivity index (χ0) is 20.1. The van der Waals surface area contributed by atoms with Crippen LogP contribution in [0.2, 0.25) is 0 Å². The van der Waals surface area contributed by atoms with Crippen molar-refractivity contribution in [3.63, 3.8) is 0 Å². The third-order valence-electron chi connectivity index (χ3n) is 4.63. The van der Waals surface area contributed by atoms with Crippen molar-refractivity contribution in [2.45, 2.75) is 6.42 Å². The second-order valence-corrected chi connectivity index (χ2v) is 6.66. The monoisotopic (exact) mass is 383 g/mol. The molecule has 1 heterocycles. The maximum Gasteiger partial charge on any atom is 0.228 e. The first-order valence-corrected chi connectivity index (χ1v) is 9.36. The summed E-state index contributed by atoms with van der Waals surface area (Å²) in [4.78, 5) is 12.3. The molecule has 0 fully saturated rings. The number of aromatic nitrogens is 2. The maximum atomic E-state index is 12.3. The van der Waals surface area contributed by atoms with Crippen molar-refractivity contribution in [3.05, 3.63) is 90.5 Å². The second kappa shape index (κ2) is 8.44. The standard InChI is InChI=1S/C24H21N3O2/c1-29-23-15-19(25-24(28)14-17-8-4-2-5-9-17)12-13-20(23)22-16-21(26-27-22)18-10-6-3-7-11-18/h2-13,15-16H,14H2,1H3,(H,25,28)(H,26,27). The number of aromatic amines is 1. The van der Waals surface area contributed by atoms with Crippen molar-refractivity contribution < 1.29 is 9.53 Å². The van der Waals surface area contributed by atoms with Crippen LogP contribution in [0, 0.1) is 0 Å². The van der Waals surface area contributed by atoms with Gasteiger partial charge in [0.05, 0.1) is 24.9 Å². The van der Waals surface area contributed by atoms with Gasteiger partial charge in [0.25, 0.3) is 0 Å². The number of hydrogen-bond donors (Lipinski definition) is 2. The minimum Gasteiger partial charge on any atom is -0.496 e. The van der Waals surface area contributed by atoms with Gasteiger partial charge in [0.15, 0.2) is 0 Å². The summed E-state index contributed by atoms with van der Waals surface area (Å²) in [5.74, 6) is 0.588. The van der Waals surface area contributed by atoms with Crippen molar-refractivity contribution in [1.82, 2.24) is 10.2 Å². The SMILES string of the molecule is COc1cc(NC(=O)Cc2ccccc2)ccc1-c1cc(-c2ccccc2)n[nH]1. The number of nitrogens with zero attached hydrogens (tertiary/aromatic N) is 1. The van der Waals surface area contributed by atoms with E-state index in [9.17, 15) is 4.79 Å². The molecule has 0 atom stereocenters. The predicted molar refractivity (Wildman–Crippen MR) is 115 cm³/mol. The average molecular weight is 383 g/mol. The van der Waals surface area contributed by atoms with Crippen LogP contribution in [-0.2, 0) is 11.2 Å². The number of anilines is 1. The largest absolute Gasteiger partial charge is 0.496 e. The molecule has 0 bridgehead atoms. The molecule has 29 heavy (non-hydrogen) atoms. The van der Waals surface area contributed by atoms with Gasteiger partial charge in [-0.25, -0.2) is 0 Å². The number of amides is 1. The summed E-state index contributed by atoms with van der Waals surface area (Å²) in [5, 5.41) is 10.4. The van der Waals surface area contributed by atoms with E-state index in [-0.39, 0.29) is 5.91 Å². The molecule has 4 aromatic rings. The van der Waals surface area contributed by atoms with Gasteiger partial charge in [0, 0.05) is 22.9 Å². The zero-order valence-electron chi connectivity index (χ0n) is 16.1. The van der Waals surface area contributed by atoms with Crippen molar-refractivity contribution >= 4 is 11.6 Å². The fourth-order valence-corrected chi connectivity index (χ4v) is 3.19. The highest BCUT2D eigenvalue weighted by Crippen LogP contribution is 2.33. The number of carbonyl (C=O) groups is 1. The summed E-state index contributed by atoms with van der Waals surface area (Å²) in [6, 6.07) is 27.2. The van der Waals surface area contributed by atoms with Crippen LogP contribution in [0.15, 0.2) is 84.9 Å². The molecule has 0 aliphatic heterocycles. The molecule has 0 radical (unpaired) electrons. The number of ether oxygens (including phenoxy) is 1. The van der Waals surface area contributed by atoms with Gasteiger partial charge >= 0.3 is 0 Å². The Morgan fingerprint density at radius 1 is 0.966 bits per heavy atom. The number of H-pyrrole nitrogens is 1. The molecule has 0 spiro atoms. The molecule has 5 nitrogen and oxygen atoms in total. The first kappa shape index (κ1) is 18.5. The van der Waals surface area contributed by atoms with Crippen LogP contribution in [0.4, 0.5) is 5.69 Å². The number of rotatable bonds is 6. The summed E-state index contributed by atoms with van der Waals surface area (Å²) in [5.41, 5.74) is 5.29. The molecule has 1 aromatic heterocycles. The van der Waals surface area contributed by atoms with Gasteiger partial charge in [-0.15, -0.1) is 0 Å². The van der Waals surface area contributed by atoms with Crippen molar-refractivity contribution in [2.24, 2.45) is 0 Å². The van der Waals surface area contributed by atoms with E-state index in [1.165, 1.54) is 0 Å². The Bertz CT molecular complexity index is 1110. The van der Waals surface area contributed by atoms with Gasteiger partial charge in [-0.05, 0) is 23.8 Å². The number of benzene rings is 3. The molecule has 0 saturated carbocycles. The lowest BCUT2D eigenvalue weighted by molar-refractivity contribution is -0.115. The Kier molecular flexibility index (Phi) is 5.38. The summed E-state index contributed by atoms with van der Waals surface area (Å²) in [6.07, 6.45) is 0.325. The lowest BCUT2D eigenvalue weighted by Gasteiger charge is -2.11. The molecule has 2 N–H and O–H groups in total. The molecule has 1 amide bonds. The molecule has 5 heteroatoms. The van der Waals surface area contributed by atoms with E-state index in [0.717, 1.165) is 28.1 Å². The van der Waals surface area contributed by atoms with Crippen LogP contribution in [0.3, 0.4) is 0 Å². The van der Waals surface area contributed by atoms with E-state index in [1.807, 2.05) is 84.9 Å².